The van der Waals surface area contributed by atoms with Gasteiger partial charge in [0, 0.05) is 0 Å². The molecule has 0 aliphatic carbocycles. The minimum absolute atomic E-state index is 0.111. The first-order valence-corrected chi connectivity index (χ1v) is 7.61. The Balaban J connectivity index is 2.27. The third-order valence-electron chi connectivity index (χ3n) is 2.86. The number of methoxy groups -OCH3 is 1. The maximum atomic E-state index is 12.0. The van der Waals surface area contributed by atoms with Gasteiger partial charge < -0.3 is 15.4 Å². The van der Waals surface area contributed by atoms with Crippen LogP contribution in [0.15, 0.2) is 23.1 Å². The molecule has 0 radical (unpaired) electrons. The Hall–Kier alpha value is -1.76. The summed E-state index contributed by atoms with van der Waals surface area (Å²) in [6, 6.07) is 4.72. The van der Waals surface area contributed by atoms with Crippen LogP contribution in [0.1, 0.15) is 13.3 Å². The van der Waals surface area contributed by atoms with Gasteiger partial charge in [-0.1, -0.05) is 6.92 Å². The zero-order valence-corrected chi connectivity index (χ0v) is 11.6. The second kappa shape index (κ2) is 5.08. The van der Waals surface area contributed by atoms with Gasteiger partial charge in [0.25, 0.3) is 0 Å². The predicted molar refractivity (Wildman–Crippen MR) is 71.8 cm³/mol. The molecule has 1 unspecified atom stereocenters. The van der Waals surface area contributed by atoms with Crippen molar-refractivity contribution in [2.75, 3.05) is 23.5 Å². The molecule has 0 saturated heterocycles. The van der Waals surface area contributed by atoms with Crippen molar-refractivity contribution >= 4 is 27.2 Å². The van der Waals surface area contributed by atoms with Gasteiger partial charge in [-0.05, 0) is 24.6 Å². The van der Waals surface area contributed by atoms with Gasteiger partial charge in [0.15, 0.2) is 16.0 Å². The number of fused-ring (bicyclic) bond motifs is 1. The van der Waals surface area contributed by atoms with Crippen molar-refractivity contribution in [3.63, 3.8) is 0 Å². The molecule has 1 aliphatic heterocycles. The molecule has 7 heteroatoms. The molecule has 1 aliphatic rings. The maximum Gasteiger partial charge on any atom is 0.349 e. The van der Waals surface area contributed by atoms with E-state index in [2.05, 4.69) is 15.4 Å². The smallest absolute Gasteiger partial charge is 0.349 e. The molecule has 2 N–H and O–H groups in total. The molecule has 0 bridgehead atoms. The molecule has 6 nitrogen and oxygen atoms in total. The lowest BCUT2D eigenvalue weighted by Crippen LogP contribution is -2.33. The van der Waals surface area contributed by atoms with E-state index < -0.39 is 22.0 Å². The van der Waals surface area contributed by atoms with Crippen LogP contribution in [0.3, 0.4) is 0 Å². The van der Waals surface area contributed by atoms with E-state index in [-0.39, 0.29) is 10.6 Å². The van der Waals surface area contributed by atoms with Crippen LogP contribution in [0.4, 0.5) is 11.4 Å². The van der Waals surface area contributed by atoms with Gasteiger partial charge >= 0.3 is 5.97 Å². The molecule has 0 fully saturated rings. The van der Waals surface area contributed by atoms with Gasteiger partial charge in [-0.15, -0.1) is 0 Å². The quantitative estimate of drug-likeness (QED) is 0.808. The lowest BCUT2D eigenvalue weighted by atomic mass is 10.3. The minimum atomic E-state index is -3.26. The summed E-state index contributed by atoms with van der Waals surface area (Å²) in [5.41, 5.74) is 1.28. The first-order chi connectivity index (χ1) is 8.97. The zero-order chi connectivity index (χ0) is 14.0. The maximum absolute atomic E-state index is 12.0. The molecule has 1 atom stereocenters. The number of hydrogen-bond acceptors (Lipinski definition) is 6. The second-order valence-corrected chi connectivity index (χ2v) is 6.38. The van der Waals surface area contributed by atoms with Crippen molar-refractivity contribution in [3.05, 3.63) is 18.2 Å². The van der Waals surface area contributed by atoms with Crippen LogP contribution in [0.5, 0.6) is 0 Å². The molecular weight excluding hydrogens is 268 g/mol. The monoisotopic (exact) mass is 284 g/mol. The van der Waals surface area contributed by atoms with Gasteiger partial charge in [-0.2, -0.15) is 0 Å². The summed E-state index contributed by atoms with van der Waals surface area (Å²) < 4.78 is 28.5. The molecular formula is C12H16N2O4S. The second-order valence-electron chi connectivity index (χ2n) is 4.27. The first kappa shape index (κ1) is 13.7. The number of anilines is 2. The van der Waals surface area contributed by atoms with Gasteiger partial charge in [0.05, 0.1) is 29.1 Å². The van der Waals surface area contributed by atoms with E-state index in [1.165, 1.54) is 19.2 Å². The number of ether oxygens (including phenoxy) is 1. The number of carbonyl (C=O) groups is 1. The van der Waals surface area contributed by atoms with Crippen LogP contribution in [0.25, 0.3) is 0 Å². The van der Waals surface area contributed by atoms with Crippen molar-refractivity contribution in [1.29, 1.82) is 0 Å². The minimum Gasteiger partial charge on any atom is -0.466 e. The van der Waals surface area contributed by atoms with Crippen molar-refractivity contribution in [3.8, 4) is 0 Å². The van der Waals surface area contributed by atoms with E-state index in [4.69, 9.17) is 0 Å². The number of sulfone groups is 1. The van der Waals surface area contributed by atoms with Gasteiger partial charge in [-0.25, -0.2) is 13.2 Å². The van der Waals surface area contributed by atoms with E-state index in [1.54, 1.807) is 6.07 Å². The third kappa shape index (κ3) is 2.65. The van der Waals surface area contributed by atoms with E-state index in [0.29, 0.717) is 17.8 Å². The summed E-state index contributed by atoms with van der Waals surface area (Å²) in [5, 5.41) is 5.80. The molecule has 1 aromatic rings. The number of carbonyl (C=O) groups excluding carboxylic acids is 1. The van der Waals surface area contributed by atoms with Crippen LogP contribution >= 0.6 is 0 Å². The summed E-state index contributed by atoms with van der Waals surface area (Å²) in [7, 11) is -1.96. The fraction of sp³-hybridized carbons (Fsp3) is 0.417. The highest BCUT2D eigenvalue weighted by Crippen LogP contribution is 2.31. The molecule has 2 rings (SSSR count). The average molecular weight is 284 g/mol. The Labute approximate surface area is 112 Å². The Bertz CT molecular complexity index is 598. The predicted octanol–water partition coefficient (Wildman–Crippen LogP) is 1.21. The molecule has 1 aromatic carbocycles. The van der Waals surface area contributed by atoms with E-state index in [1.807, 2.05) is 6.92 Å². The van der Waals surface area contributed by atoms with Crippen molar-refractivity contribution < 1.29 is 17.9 Å². The molecule has 19 heavy (non-hydrogen) atoms. The van der Waals surface area contributed by atoms with E-state index >= 15 is 0 Å². The number of rotatable bonds is 4. The topological polar surface area (TPSA) is 84.5 Å². The summed E-state index contributed by atoms with van der Waals surface area (Å²) in [4.78, 5) is 11.7. The highest BCUT2D eigenvalue weighted by molar-refractivity contribution is 7.91. The van der Waals surface area contributed by atoms with Crippen LogP contribution in [-0.2, 0) is 19.4 Å². The van der Waals surface area contributed by atoms with Gasteiger partial charge in [0.1, 0.15) is 0 Å². The number of benzene rings is 1. The van der Waals surface area contributed by atoms with Crippen LogP contribution in [0, 0.1) is 0 Å². The van der Waals surface area contributed by atoms with Gasteiger partial charge in [-0.3, -0.25) is 0 Å². The van der Waals surface area contributed by atoms with Crippen molar-refractivity contribution in [1.82, 2.24) is 0 Å². The van der Waals surface area contributed by atoms with E-state index in [9.17, 15) is 13.2 Å². The zero-order valence-electron chi connectivity index (χ0n) is 10.8. The molecule has 104 valence electrons. The highest BCUT2D eigenvalue weighted by atomic mass is 32.2. The number of hydrogen-bond donors (Lipinski definition) is 2. The van der Waals surface area contributed by atoms with Crippen LogP contribution in [0.2, 0.25) is 0 Å². The van der Waals surface area contributed by atoms with E-state index in [0.717, 1.165) is 0 Å². The normalized spacial score (nSPS) is 17.3. The van der Waals surface area contributed by atoms with Crippen LogP contribution < -0.4 is 10.6 Å². The summed E-state index contributed by atoms with van der Waals surface area (Å²) in [6.45, 7) is 1.82. The SMILES string of the molecule is CCCS(=O)(=O)c1ccc2c(c1)NC(C(=O)OC)N2. The third-order valence-corrected chi connectivity index (χ3v) is 4.78. The Morgan fingerprint density at radius 3 is 2.63 bits per heavy atom. The molecule has 0 aromatic heterocycles. The fourth-order valence-corrected chi connectivity index (χ4v) is 3.28. The number of esters is 1. The Kier molecular flexibility index (Phi) is 3.66. The molecule has 1 heterocycles. The Morgan fingerprint density at radius 1 is 1.32 bits per heavy atom. The fourth-order valence-electron chi connectivity index (χ4n) is 1.93. The highest BCUT2D eigenvalue weighted by Gasteiger charge is 2.27. The first-order valence-electron chi connectivity index (χ1n) is 5.95. The lowest BCUT2D eigenvalue weighted by molar-refractivity contribution is -0.140. The van der Waals surface area contributed by atoms with Crippen molar-refractivity contribution in [2.45, 2.75) is 24.4 Å². The van der Waals surface area contributed by atoms with Crippen molar-refractivity contribution in [2.24, 2.45) is 0 Å². The molecule has 0 saturated carbocycles. The Morgan fingerprint density at radius 2 is 2.00 bits per heavy atom. The standard InChI is InChI=1S/C12H16N2O4S/c1-3-6-19(16,17)8-4-5-9-10(7-8)14-11(13-9)12(15)18-2/h4-5,7,11,13-14H,3,6H2,1-2H3. The summed E-state index contributed by atoms with van der Waals surface area (Å²) >= 11 is 0. The largest absolute Gasteiger partial charge is 0.466 e. The number of nitrogens with one attached hydrogen (secondary N) is 2. The summed E-state index contributed by atoms with van der Waals surface area (Å²) in [5.74, 6) is -0.339. The summed E-state index contributed by atoms with van der Waals surface area (Å²) in [6.07, 6.45) is -0.111. The van der Waals surface area contributed by atoms with Gasteiger partial charge in [0.2, 0.25) is 0 Å². The average Bonchev–Trinajstić information content (AvgIpc) is 2.80. The van der Waals surface area contributed by atoms with Crippen LogP contribution in [-0.4, -0.2) is 33.4 Å². The molecule has 0 spiro atoms. The lowest BCUT2D eigenvalue weighted by Gasteiger charge is -2.08. The molecule has 0 amide bonds.